The molecule has 0 fully saturated rings. The predicted octanol–water partition coefficient (Wildman–Crippen LogP) is 1.48. The molecule has 0 saturated carbocycles. The number of nitrogens with two attached hydrogens (primary N) is 2. The quantitative estimate of drug-likeness (QED) is 0.574. The van der Waals surface area contributed by atoms with Gasteiger partial charge in [0.15, 0.2) is 11.8 Å². The van der Waals surface area contributed by atoms with Gasteiger partial charge in [-0.1, -0.05) is 17.7 Å². The average Bonchev–Trinajstić information content (AvgIpc) is 2.40. The van der Waals surface area contributed by atoms with E-state index >= 15 is 0 Å². The van der Waals surface area contributed by atoms with Gasteiger partial charge in [-0.25, -0.2) is 18.1 Å². The fourth-order valence-electron chi connectivity index (χ4n) is 1.93. The van der Waals surface area contributed by atoms with Gasteiger partial charge in [-0.2, -0.15) is 4.99 Å². The molecule has 1 aromatic carbocycles. The smallest absolute Gasteiger partial charge is 0.240 e. The lowest BCUT2D eigenvalue weighted by Gasteiger charge is -2.11. The molecule has 0 aliphatic rings. The molecule has 0 unspecified atom stereocenters. The summed E-state index contributed by atoms with van der Waals surface area (Å²) in [6, 6.07) is 4.29. The largest absolute Gasteiger partial charge is 0.370 e. The maximum absolute atomic E-state index is 12.3. The highest BCUT2D eigenvalue weighted by atomic mass is 35.5. The minimum Gasteiger partial charge on any atom is -0.370 e. The van der Waals surface area contributed by atoms with Crippen molar-refractivity contribution in [2.75, 3.05) is 0 Å². The third-order valence-electron chi connectivity index (χ3n) is 2.73. The number of nitrogens with zero attached hydrogens (tertiary/aromatic N) is 2. The van der Waals surface area contributed by atoms with Gasteiger partial charge in [0.2, 0.25) is 10.0 Å². The summed E-state index contributed by atoms with van der Waals surface area (Å²) >= 11 is 6.08. The second kappa shape index (κ2) is 6.07. The summed E-state index contributed by atoms with van der Waals surface area (Å²) in [7, 11) is -3.64. The topological polar surface area (TPSA) is 123 Å². The molecule has 118 valence electrons. The van der Waals surface area contributed by atoms with E-state index in [0.717, 1.165) is 0 Å². The van der Waals surface area contributed by atoms with Crippen LogP contribution in [0, 0.1) is 0 Å². The number of fused-ring (bicyclic) bond motifs is 1. The van der Waals surface area contributed by atoms with Crippen molar-refractivity contribution < 1.29 is 8.42 Å². The monoisotopic (exact) mass is 341 g/mol. The van der Waals surface area contributed by atoms with E-state index in [0.29, 0.717) is 15.8 Å². The van der Waals surface area contributed by atoms with E-state index in [1.165, 1.54) is 18.3 Å². The van der Waals surface area contributed by atoms with Gasteiger partial charge in [0.25, 0.3) is 0 Å². The zero-order chi connectivity index (χ0) is 16.5. The van der Waals surface area contributed by atoms with Crippen LogP contribution in [-0.2, 0) is 10.0 Å². The molecule has 22 heavy (non-hydrogen) atoms. The summed E-state index contributed by atoms with van der Waals surface area (Å²) in [5.74, 6) is 0.0330. The minimum absolute atomic E-state index is 0.0878. The number of aliphatic imine (C=N–C) groups is 1. The third-order valence-corrected chi connectivity index (χ3v) is 4.68. The highest BCUT2D eigenvalue weighted by Gasteiger charge is 2.17. The van der Waals surface area contributed by atoms with E-state index in [4.69, 9.17) is 23.1 Å². The third kappa shape index (κ3) is 3.46. The van der Waals surface area contributed by atoms with Crippen LogP contribution < -0.4 is 16.2 Å². The maximum atomic E-state index is 12.3. The standard InChI is InChI=1S/C13H16ClN5O2S/c1-7(2)19-22(20,21)8-3-4-9-10(5-8)12(18-13(15)16)17-6-11(9)14/h3-7,19H,1-2H3,(H4,15,16,17,18). The summed E-state index contributed by atoms with van der Waals surface area (Å²) < 4.78 is 27.0. The number of nitrogens with one attached hydrogen (secondary N) is 1. The van der Waals surface area contributed by atoms with Crippen LogP contribution in [0.4, 0.5) is 5.82 Å². The number of rotatable bonds is 4. The molecule has 0 amide bonds. The van der Waals surface area contributed by atoms with Gasteiger partial charge in [0.1, 0.15) is 0 Å². The molecule has 9 heteroatoms. The molecular formula is C13H16ClN5O2S. The second-order valence-corrected chi connectivity index (χ2v) is 7.07. The number of guanidine groups is 1. The van der Waals surface area contributed by atoms with Crippen molar-refractivity contribution in [2.45, 2.75) is 24.8 Å². The normalized spacial score (nSPS) is 11.8. The molecule has 1 aromatic heterocycles. The molecule has 0 aliphatic heterocycles. The summed E-state index contributed by atoms with van der Waals surface area (Å²) in [5, 5.41) is 1.44. The molecule has 5 N–H and O–H groups in total. The van der Waals surface area contributed by atoms with Crippen LogP contribution >= 0.6 is 11.6 Å². The van der Waals surface area contributed by atoms with E-state index < -0.39 is 10.0 Å². The minimum atomic E-state index is -3.64. The zero-order valence-electron chi connectivity index (χ0n) is 12.0. The summed E-state index contributed by atoms with van der Waals surface area (Å²) in [6.07, 6.45) is 1.41. The molecule has 0 saturated heterocycles. The number of sulfonamides is 1. The first-order valence-electron chi connectivity index (χ1n) is 6.41. The van der Waals surface area contributed by atoms with Crippen molar-refractivity contribution in [3.63, 3.8) is 0 Å². The Hall–Kier alpha value is -1.90. The van der Waals surface area contributed by atoms with Crippen LogP contribution in [0.3, 0.4) is 0 Å². The molecule has 7 nitrogen and oxygen atoms in total. The lowest BCUT2D eigenvalue weighted by atomic mass is 10.1. The first kappa shape index (κ1) is 16.5. The van der Waals surface area contributed by atoms with Gasteiger partial charge in [-0.3, -0.25) is 0 Å². The molecular weight excluding hydrogens is 326 g/mol. The van der Waals surface area contributed by atoms with Crippen molar-refractivity contribution >= 4 is 44.2 Å². The maximum Gasteiger partial charge on any atom is 0.240 e. The van der Waals surface area contributed by atoms with Gasteiger partial charge >= 0.3 is 0 Å². The lowest BCUT2D eigenvalue weighted by Crippen LogP contribution is -2.30. The second-order valence-electron chi connectivity index (χ2n) is 4.95. The van der Waals surface area contributed by atoms with Crippen LogP contribution in [-0.4, -0.2) is 25.4 Å². The van der Waals surface area contributed by atoms with Crippen LogP contribution in [0.25, 0.3) is 10.8 Å². The highest BCUT2D eigenvalue weighted by molar-refractivity contribution is 7.89. The molecule has 0 spiro atoms. The Kier molecular flexibility index (Phi) is 4.55. The molecule has 0 radical (unpaired) electrons. The van der Waals surface area contributed by atoms with E-state index in [-0.39, 0.29) is 22.7 Å². The van der Waals surface area contributed by atoms with Crippen LogP contribution in [0.2, 0.25) is 5.02 Å². The van der Waals surface area contributed by atoms with E-state index in [1.807, 2.05) is 0 Å². The Bertz CT molecular complexity index is 845. The average molecular weight is 342 g/mol. The fourth-order valence-corrected chi connectivity index (χ4v) is 3.42. The molecule has 2 aromatic rings. The molecule has 0 aliphatic carbocycles. The van der Waals surface area contributed by atoms with Crippen molar-refractivity contribution in [1.29, 1.82) is 0 Å². The Morgan fingerprint density at radius 2 is 2.00 bits per heavy atom. The zero-order valence-corrected chi connectivity index (χ0v) is 13.6. The Morgan fingerprint density at radius 3 is 2.59 bits per heavy atom. The number of hydrogen-bond acceptors (Lipinski definition) is 4. The van der Waals surface area contributed by atoms with Crippen LogP contribution in [0.5, 0.6) is 0 Å². The fraction of sp³-hybridized carbons (Fsp3) is 0.231. The van der Waals surface area contributed by atoms with Gasteiger partial charge in [-0.15, -0.1) is 0 Å². The number of hydrogen-bond donors (Lipinski definition) is 3. The lowest BCUT2D eigenvalue weighted by molar-refractivity contribution is 0.570. The Morgan fingerprint density at radius 1 is 1.32 bits per heavy atom. The molecule has 1 heterocycles. The molecule has 0 bridgehead atoms. The molecule has 0 atom stereocenters. The first-order chi connectivity index (χ1) is 10.2. The summed E-state index contributed by atoms with van der Waals surface area (Å²) in [4.78, 5) is 8.02. The van der Waals surface area contributed by atoms with Gasteiger partial charge < -0.3 is 11.5 Å². The number of benzene rings is 1. The van der Waals surface area contributed by atoms with Crippen LogP contribution in [0.1, 0.15) is 13.8 Å². The van der Waals surface area contributed by atoms with Crippen molar-refractivity contribution in [1.82, 2.24) is 9.71 Å². The Balaban J connectivity index is 2.70. The van der Waals surface area contributed by atoms with Crippen molar-refractivity contribution in [3.05, 3.63) is 29.4 Å². The van der Waals surface area contributed by atoms with Gasteiger partial charge in [-0.05, 0) is 26.0 Å². The summed E-state index contributed by atoms with van der Waals surface area (Å²) in [5.41, 5.74) is 10.7. The number of pyridine rings is 1. The SMILES string of the molecule is CC(C)NS(=O)(=O)c1ccc2c(Cl)cnc(N=C(N)N)c2c1. The first-order valence-corrected chi connectivity index (χ1v) is 8.27. The Labute approximate surface area is 133 Å². The highest BCUT2D eigenvalue weighted by Crippen LogP contribution is 2.31. The summed E-state index contributed by atoms with van der Waals surface area (Å²) in [6.45, 7) is 3.48. The van der Waals surface area contributed by atoms with Crippen LogP contribution in [0.15, 0.2) is 34.3 Å². The van der Waals surface area contributed by atoms with Crippen molar-refractivity contribution in [2.24, 2.45) is 16.5 Å². The number of aromatic nitrogens is 1. The number of halogens is 1. The molecule has 2 rings (SSSR count). The van der Waals surface area contributed by atoms with Crippen molar-refractivity contribution in [3.8, 4) is 0 Å². The van der Waals surface area contributed by atoms with Gasteiger partial charge in [0.05, 0.1) is 9.92 Å². The van der Waals surface area contributed by atoms with Gasteiger partial charge in [0, 0.05) is 23.0 Å². The van der Waals surface area contributed by atoms with E-state index in [2.05, 4.69) is 14.7 Å². The van der Waals surface area contributed by atoms with E-state index in [9.17, 15) is 8.42 Å². The predicted molar refractivity (Wildman–Crippen MR) is 87.7 cm³/mol. The van der Waals surface area contributed by atoms with E-state index in [1.54, 1.807) is 19.9 Å².